The van der Waals surface area contributed by atoms with Crippen LogP contribution in [-0.2, 0) is 9.59 Å². The molecule has 2 saturated heterocycles. The SMILES string of the molecule is CCC(CC(C/C=C\C(=O)/C(C#N)=C/C(C)(C)C)C(C)C)C(=O)N[C@@H]1CCCN(C2CC(c3ccccc3O)NNC2N)C1. The van der Waals surface area contributed by atoms with E-state index in [1.165, 1.54) is 6.08 Å². The number of para-hydroxylation sites is 1. The molecule has 9 heteroatoms. The number of piperidine rings is 1. The van der Waals surface area contributed by atoms with Gasteiger partial charge < -0.3 is 16.2 Å². The summed E-state index contributed by atoms with van der Waals surface area (Å²) in [6, 6.07) is 9.44. The highest BCUT2D eigenvalue weighted by Crippen LogP contribution is 2.32. The molecule has 0 saturated carbocycles. The zero-order valence-electron chi connectivity index (χ0n) is 27.5. The molecule has 1 amide bonds. The first kappa shape index (κ1) is 35.4. The minimum Gasteiger partial charge on any atom is -0.508 e. The first-order valence-corrected chi connectivity index (χ1v) is 16.3. The molecule has 0 aliphatic carbocycles. The molecule has 2 heterocycles. The summed E-state index contributed by atoms with van der Waals surface area (Å²) in [6.07, 6.45) is 9.63. The number of nitriles is 1. The van der Waals surface area contributed by atoms with Crippen molar-refractivity contribution in [2.75, 3.05) is 13.1 Å². The number of nitrogens with zero attached hydrogens (tertiary/aromatic N) is 2. The molecule has 5 unspecified atom stereocenters. The Hall–Kier alpha value is -3.03. The maximum absolute atomic E-state index is 13.5. The Balaban J connectivity index is 1.59. The fourth-order valence-electron chi connectivity index (χ4n) is 6.34. The van der Waals surface area contributed by atoms with Gasteiger partial charge in [0.05, 0.1) is 17.8 Å². The molecule has 2 aliphatic rings. The first-order valence-electron chi connectivity index (χ1n) is 16.3. The maximum Gasteiger partial charge on any atom is 0.223 e. The zero-order valence-corrected chi connectivity index (χ0v) is 27.5. The summed E-state index contributed by atoms with van der Waals surface area (Å²) in [5, 5.41) is 23.2. The number of allylic oxidation sites excluding steroid dienone is 4. The van der Waals surface area contributed by atoms with Gasteiger partial charge in [0.15, 0.2) is 5.78 Å². The van der Waals surface area contributed by atoms with Crippen molar-refractivity contribution >= 4 is 11.7 Å². The standard InChI is InChI=1S/C35H54N6O3/c1-7-24(18-25(23(2)3)12-10-16-31(42)26(21-36)20-35(4,5)6)34(44)38-27-13-11-17-41(22-27)30-19-29(39-40-33(30)37)28-14-8-9-15-32(28)43/h8-10,14-16,20,23-25,27,29-30,33,39-40,43H,7,11-13,17-19,22,37H2,1-6H3,(H,38,44)/b16-10-,26-20+/t24?,25?,27-,29?,30?,33?/m1/s1. The van der Waals surface area contributed by atoms with E-state index in [0.29, 0.717) is 12.3 Å². The highest BCUT2D eigenvalue weighted by molar-refractivity contribution is 6.06. The Bertz CT molecular complexity index is 1210. The van der Waals surface area contributed by atoms with E-state index in [1.54, 1.807) is 12.1 Å². The van der Waals surface area contributed by atoms with Gasteiger partial charge in [-0.2, -0.15) is 5.26 Å². The molecular formula is C35H54N6O3. The molecule has 44 heavy (non-hydrogen) atoms. The Morgan fingerprint density at radius 1 is 1.25 bits per heavy atom. The van der Waals surface area contributed by atoms with Gasteiger partial charge in [-0.1, -0.05) is 71.9 Å². The Kier molecular flexibility index (Phi) is 13.2. The van der Waals surface area contributed by atoms with Crippen LogP contribution in [0.4, 0.5) is 0 Å². The van der Waals surface area contributed by atoms with E-state index >= 15 is 0 Å². The summed E-state index contributed by atoms with van der Waals surface area (Å²) < 4.78 is 0. The second-order valence-electron chi connectivity index (χ2n) is 14.0. The number of ketones is 1. The normalized spacial score (nSPS) is 25.0. The predicted octanol–water partition coefficient (Wildman–Crippen LogP) is 4.87. The van der Waals surface area contributed by atoms with E-state index < -0.39 is 0 Å². The summed E-state index contributed by atoms with van der Waals surface area (Å²) in [5.41, 5.74) is 13.7. The van der Waals surface area contributed by atoms with E-state index in [2.05, 4.69) is 41.8 Å². The summed E-state index contributed by atoms with van der Waals surface area (Å²) in [4.78, 5) is 28.5. The van der Waals surface area contributed by atoms with Gasteiger partial charge in [-0.05, 0) is 74.5 Å². The van der Waals surface area contributed by atoms with Gasteiger partial charge in [0.25, 0.3) is 0 Å². The van der Waals surface area contributed by atoms with Gasteiger partial charge in [0, 0.05) is 30.1 Å². The van der Waals surface area contributed by atoms with Gasteiger partial charge in [-0.25, -0.2) is 10.9 Å². The van der Waals surface area contributed by atoms with Crippen LogP contribution >= 0.6 is 0 Å². The summed E-state index contributed by atoms with van der Waals surface area (Å²) in [6.45, 7) is 13.9. The lowest BCUT2D eigenvalue weighted by molar-refractivity contribution is -0.127. The van der Waals surface area contributed by atoms with Gasteiger partial charge in [-0.15, -0.1) is 0 Å². The number of aromatic hydroxyl groups is 1. The number of hydrazine groups is 1. The van der Waals surface area contributed by atoms with Gasteiger partial charge >= 0.3 is 0 Å². The monoisotopic (exact) mass is 606 g/mol. The molecule has 0 spiro atoms. The summed E-state index contributed by atoms with van der Waals surface area (Å²) >= 11 is 0. The lowest BCUT2D eigenvalue weighted by atomic mass is 9.82. The quantitative estimate of drug-likeness (QED) is 0.168. The van der Waals surface area contributed by atoms with Crippen molar-refractivity contribution in [3.63, 3.8) is 0 Å². The van der Waals surface area contributed by atoms with Gasteiger partial charge in [0.1, 0.15) is 11.8 Å². The first-order chi connectivity index (χ1) is 20.8. The molecule has 3 rings (SSSR count). The van der Waals surface area contributed by atoms with Crippen LogP contribution in [0, 0.1) is 34.5 Å². The number of nitrogens with one attached hydrogen (secondary N) is 3. The molecule has 0 bridgehead atoms. The van der Waals surface area contributed by atoms with E-state index in [0.717, 1.165) is 50.8 Å². The maximum atomic E-state index is 13.5. The molecule has 0 radical (unpaired) electrons. The van der Waals surface area contributed by atoms with E-state index in [4.69, 9.17) is 5.73 Å². The van der Waals surface area contributed by atoms with Crippen molar-refractivity contribution in [1.29, 1.82) is 5.26 Å². The third-order valence-electron chi connectivity index (χ3n) is 8.96. The summed E-state index contributed by atoms with van der Waals surface area (Å²) in [7, 11) is 0. The third-order valence-corrected chi connectivity index (χ3v) is 8.96. The van der Waals surface area contributed by atoms with Crippen LogP contribution < -0.4 is 21.9 Å². The minimum atomic E-state index is -0.271. The number of carbonyl (C=O) groups excluding carboxylic acids is 2. The van der Waals surface area contributed by atoms with Crippen molar-refractivity contribution in [1.82, 2.24) is 21.1 Å². The van der Waals surface area contributed by atoms with Crippen molar-refractivity contribution in [3.8, 4) is 11.8 Å². The lowest BCUT2D eigenvalue weighted by Gasteiger charge is -2.45. The zero-order chi connectivity index (χ0) is 32.4. The molecule has 6 atom stereocenters. The van der Waals surface area contributed by atoms with Crippen molar-refractivity contribution in [3.05, 3.63) is 53.6 Å². The molecule has 6 N–H and O–H groups in total. The van der Waals surface area contributed by atoms with Crippen molar-refractivity contribution in [2.45, 2.75) is 104 Å². The lowest BCUT2D eigenvalue weighted by Crippen LogP contribution is -2.66. The number of phenolic OH excluding ortho intramolecular Hbond substituents is 1. The average Bonchev–Trinajstić information content (AvgIpc) is 2.97. The van der Waals surface area contributed by atoms with Crippen LogP contribution in [0.15, 0.2) is 48.1 Å². The van der Waals surface area contributed by atoms with Gasteiger partial charge in [-0.3, -0.25) is 14.5 Å². The fourth-order valence-corrected chi connectivity index (χ4v) is 6.34. The number of rotatable bonds is 12. The molecule has 2 aliphatic heterocycles. The third kappa shape index (κ3) is 10.3. The average molecular weight is 607 g/mol. The van der Waals surface area contributed by atoms with Crippen molar-refractivity contribution < 1.29 is 14.7 Å². The summed E-state index contributed by atoms with van der Waals surface area (Å²) in [5.74, 6) is 0.539. The fraction of sp³-hybridized carbons (Fsp3) is 0.629. The number of nitrogens with two attached hydrogens (primary N) is 1. The minimum absolute atomic E-state index is 0.0463. The molecule has 9 nitrogen and oxygen atoms in total. The number of benzene rings is 1. The van der Waals surface area contributed by atoms with Crippen LogP contribution in [0.3, 0.4) is 0 Å². The van der Waals surface area contributed by atoms with Crippen LogP contribution in [0.1, 0.15) is 91.7 Å². The number of hydrogen-bond donors (Lipinski definition) is 5. The largest absolute Gasteiger partial charge is 0.508 e. The molecule has 2 fully saturated rings. The Morgan fingerprint density at radius 2 is 1.98 bits per heavy atom. The number of likely N-dealkylation sites (tertiary alicyclic amines) is 1. The number of amides is 1. The van der Waals surface area contributed by atoms with E-state index in [9.17, 15) is 20.0 Å². The van der Waals surface area contributed by atoms with Crippen LogP contribution in [0.25, 0.3) is 0 Å². The number of carbonyl (C=O) groups is 2. The topological polar surface area (TPSA) is 144 Å². The van der Waals surface area contributed by atoms with E-state index in [1.807, 2.05) is 51.1 Å². The van der Waals surface area contributed by atoms with Crippen LogP contribution in [0.2, 0.25) is 0 Å². The second-order valence-corrected chi connectivity index (χ2v) is 14.0. The predicted molar refractivity (Wildman–Crippen MR) is 175 cm³/mol. The van der Waals surface area contributed by atoms with Crippen molar-refractivity contribution in [2.24, 2.45) is 28.9 Å². The smallest absolute Gasteiger partial charge is 0.223 e. The Labute approximate surface area is 264 Å². The molecule has 1 aromatic rings. The number of hydrogen-bond acceptors (Lipinski definition) is 8. The van der Waals surface area contributed by atoms with Crippen LogP contribution in [0.5, 0.6) is 5.75 Å². The molecular weight excluding hydrogens is 552 g/mol. The van der Waals surface area contributed by atoms with Crippen LogP contribution in [-0.4, -0.2) is 53.0 Å². The second kappa shape index (κ2) is 16.3. The number of phenols is 1. The highest BCUT2D eigenvalue weighted by atomic mass is 16.3. The molecule has 0 aromatic heterocycles. The van der Waals surface area contributed by atoms with Gasteiger partial charge in [0.2, 0.25) is 5.91 Å². The Morgan fingerprint density at radius 3 is 2.61 bits per heavy atom. The highest BCUT2D eigenvalue weighted by Gasteiger charge is 2.36. The van der Waals surface area contributed by atoms with E-state index in [-0.39, 0.29) is 64.6 Å². The molecule has 242 valence electrons. The molecule has 1 aromatic carbocycles.